The molecule has 0 aliphatic heterocycles. The summed E-state index contributed by atoms with van der Waals surface area (Å²) in [6, 6.07) is 7.97. The quantitative estimate of drug-likeness (QED) is 0.389. The monoisotopic (exact) mass is 423 g/mol. The highest BCUT2D eigenvalue weighted by Crippen LogP contribution is 2.43. The maximum absolute atomic E-state index is 13.9. The molecule has 0 spiro atoms. The van der Waals surface area contributed by atoms with Gasteiger partial charge in [-0.15, -0.1) is 0 Å². The van der Waals surface area contributed by atoms with Crippen LogP contribution in [0.15, 0.2) is 36.5 Å². The lowest BCUT2D eigenvalue weighted by Gasteiger charge is -2.32. The van der Waals surface area contributed by atoms with Crippen LogP contribution < -0.4 is 0 Å². The first kappa shape index (κ1) is 20.0. The van der Waals surface area contributed by atoms with Gasteiger partial charge in [-0.3, -0.25) is 4.98 Å². The fraction of sp³-hybridized carbons (Fsp3) is 0.360. The number of aromatic nitrogens is 3. The Morgan fingerprint density at radius 1 is 1.03 bits per heavy atom. The molecule has 160 valence electrons. The number of aryl methyl sites for hydroxylation is 1. The number of H-pyrrole nitrogens is 1. The van der Waals surface area contributed by atoms with E-state index in [9.17, 15) is 13.2 Å². The van der Waals surface area contributed by atoms with E-state index in [0.29, 0.717) is 22.9 Å². The van der Waals surface area contributed by atoms with Crippen molar-refractivity contribution in [3.8, 4) is 0 Å². The summed E-state index contributed by atoms with van der Waals surface area (Å²) in [4.78, 5) is 12.2. The summed E-state index contributed by atoms with van der Waals surface area (Å²) in [7, 11) is 0. The molecule has 31 heavy (non-hydrogen) atoms. The van der Waals surface area contributed by atoms with Crippen molar-refractivity contribution in [2.24, 2.45) is 5.92 Å². The Morgan fingerprint density at radius 3 is 2.58 bits per heavy atom. The number of hydrogen-bond acceptors (Lipinski definition) is 2. The first-order valence-electron chi connectivity index (χ1n) is 10.8. The van der Waals surface area contributed by atoms with Crippen LogP contribution in [0.4, 0.5) is 13.2 Å². The molecule has 2 heterocycles. The molecule has 0 radical (unpaired) electrons. The first-order chi connectivity index (χ1) is 14.9. The SMILES string of the molecule is Cc1c(F)c(F)cc2[nH]c([C@H](C)[C@H]3CC[C@@H](c4ccnc5ccc(F)cc54)CC3)nc12. The highest BCUT2D eigenvalue weighted by molar-refractivity contribution is 5.82. The number of fused-ring (bicyclic) bond motifs is 2. The van der Waals surface area contributed by atoms with Gasteiger partial charge in [-0.25, -0.2) is 18.2 Å². The third kappa shape index (κ3) is 3.48. The fourth-order valence-corrected chi connectivity index (χ4v) is 5.13. The van der Waals surface area contributed by atoms with E-state index in [1.165, 1.54) is 17.7 Å². The molecule has 1 atom stereocenters. The Kier molecular flexibility index (Phi) is 4.95. The minimum atomic E-state index is -0.852. The number of rotatable bonds is 3. The van der Waals surface area contributed by atoms with Crippen LogP contribution in [0.1, 0.15) is 61.4 Å². The summed E-state index contributed by atoms with van der Waals surface area (Å²) >= 11 is 0. The van der Waals surface area contributed by atoms with E-state index in [1.54, 1.807) is 25.3 Å². The molecular formula is C25H24F3N3. The summed E-state index contributed by atoms with van der Waals surface area (Å²) in [5.41, 5.74) is 3.27. The van der Waals surface area contributed by atoms with Crippen molar-refractivity contribution in [1.82, 2.24) is 15.0 Å². The van der Waals surface area contributed by atoms with E-state index in [0.717, 1.165) is 42.4 Å². The van der Waals surface area contributed by atoms with Crippen LogP contribution in [0.5, 0.6) is 0 Å². The van der Waals surface area contributed by atoms with Crippen molar-refractivity contribution < 1.29 is 13.2 Å². The predicted octanol–water partition coefficient (Wildman–Crippen LogP) is 6.91. The first-order valence-corrected chi connectivity index (χ1v) is 10.8. The van der Waals surface area contributed by atoms with Gasteiger partial charge >= 0.3 is 0 Å². The van der Waals surface area contributed by atoms with Gasteiger partial charge in [0.15, 0.2) is 11.6 Å². The molecule has 6 heteroatoms. The Labute approximate surface area is 178 Å². The number of nitrogens with zero attached hydrogens (tertiary/aromatic N) is 2. The van der Waals surface area contributed by atoms with Crippen LogP contribution in [-0.2, 0) is 0 Å². The highest BCUT2D eigenvalue weighted by atomic mass is 19.2. The second-order valence-corrected chi connectivity index (χ2v) is 8.78. The second-order valence-electron chi connectivity index (χ2n) is 8.78. The summed E-state index contributed by atoms with van der Waals surface area (Å²) < 4.78 is 41.5. The predicted molar refractivity (Wildman–Crippen MR) is 116 cm³/mol. The Balaban J connectivity index is 1.36. The third-order valence-corrected chi connectivity index (χ3v) is 7.00. The molecule has 1 aliphatic carbocycles. The van der Waals surface area contributed by atoms with Crippen LogP contribution in [-0.4, -0.2) is 15.0 Å². The van der Waals surface area contributed by atoms with Gasteiger partial charge in [-0.1, -0.05) is 6.92 Å². The van der Waals surface area contributed by atoms with Gasteiger partial charge in [-0.05, 0) is 74.3 Å². The smallest absolute Gasteiger partial charge is 0.164 e. The average molecular weight is 423 g/mol. The zero-order chi connectivity index (χ0) is 21.7. The maximum atomic E-state index is 13.9. The number of hydrogen-bond donors (Lipinski definition) is 1. The molecule has 3 nitrogen and oxygen atoms in total. The van der Waals surface area contributed by atoms with E-state index >= 15 is 0 Å². The summed E-state index contributed by atoms with van der Waals surface area (Å²) in [5.74, 6) is -0.187. The number of aromatic amines is 1. The molecule has 1 N–H and O–H groups in total. The molecule has 0 saturated heterocycles. The molecule has 1 fully saturated rings. The number of benzene rings is 2. The van der Waals surface area contributed by atoms with Gasteiger partial charge in [0, 0.05) is 29.1 Å². The molecule has 1 saturated carbocycles. The van der Waals surface area contributed by atoms with E-state index in [2.05, 4.69) is 21.9 Å². The Hall–Kier alpha value is -2.89. The Morgan fingerprint density at radius 2 is 1.81 bits per heavy atom. The highest BCUT2D eigenvalue weighted by Gasteiger charge is 2.29. The molecule has 2 aromatic carbocycles. The molecule has 5 rings (SSSR count). The van der Waals surface area contributed by atoms with Crippen LogP contribution in [0, 0.1) is 30.3 Å². The van der Waals surface area contributed by atoms with Crippen molar-refractivity contribution in [2.75, 3.05) is 0 Å². The number of halogens is 3. The number of imidazole rings is 1. The second kappa shape index (κ2) is 7.66. The summed E-state index contributed by atoms with van der Waals surface area (Å²) in [5, 5.41) is 0.899. The zero-order valence-corrected chi connectivity index (χ0v) is 17.6. The van der Waals surface area contributed by atoms with Gasteiger partial charge in [0.2, 0.25) is 0 Å². The molecule has 0 unspecified atom stereocenters. The van der Waals surface area contributed by atoms with Crippen LogP contribution >= 0.6 is 0 Å². The summed E-state index contributed by atoms with van der Waals surface area (Å²) in [6.07, 6.45) is 5.85. The van der Waals surface area contributed by atoms with Crippen molar-refractivity contribution in [1.29, 1.82) is 0 Å². The van der Waals surface area contributed by atoms with E-state index < -0.39 is 11.6 Å². The van der Waals surface area contributed by atoms with Gasteiger partial charge < -0.3 is 4.98 Å². The van der Waals surface area contributed by atoms with E-state index in [4.69, 9.17) is 0 Å². The van der Waals surface area contributed by atoms with Crippen LogP contribution in [0.3, 0.4) is 0 Å². The van der Waals surface area contributed by atoms with Gasteiger partial charge in [0.25, 0.3) is 0 Å². The van der Waals surface area contributed by atoms with Gasteiger partial charge in [0.05, 0.1) is 16.6 Å². The fourth-order valence-electron chi connectivity index (χ4n) is 5.13. The van der Waals surface area contributed by atoms with Crippen LogP contribution in [0.2, 0.25) is 0 Å². The average Bonchev–Trinajstić information content (AvgIpc) is 3.21. The van der Waals surface area contributed by atoms with E-state index in [-0.39, 0.29) is 17.3 Å². The molecule has 0 bridgehead atoms. The molecule has 2 aromatic heterocycles. The maximum Gasteiger partial charge on any atom is 0.164 e. The van der Waals surface area contributed by atoms with Crippen molar-refractivity contribution >= 4 is 21.9 Å². The van der Waals surface area contributed by atoms with E-state index in [1.807, 2.05) is 6.07 Å². The third-order valence-electron chi connectivity index (χ3n) is 7.00. The molecule has 1 aliphatic rings. The lowest BCUT2D eigenvalue weighted by molar-refractivity contribution is 0.286. The van der Waals surface area contributed by atoms with Crippen molar-refractivity contribution in [2.45, 2.75) is 51.4 Å². The summed E-state index contributed by atoms with van der Waals surface area (Å²) in [6.45, 7) is 3.69. The normalized spacial score (nSPS) is 20.4. The van der Waals surface area contributed by atoms with Crippen LogP contribution in [0.25, 0.3) is 21.9 Å². The number of pyridine rings is 1. The molecule has 0 amide bonds. The van der Waals surface area contributed by atoms with Gasteiger partial charge in [-0.2, -0.15) is 0 Å². The van der Waals surface area contributed by atoms with Crippen molar-refractivity contribution in [3.63, 3.8) is 0 Å². The Bertz CT molecular complexity index is 1270. The minimum Gasteiger partial charge on any atom is -0.342 e. The number of nitrogens with one attached hydrogen (secondary N) is 1. The zero-order valence-electron chi connectivity index (χ0n) is 17.6. The minimum absolute atomic E-state index is 0.158. The largest absolute Gasteiger partial charge is 0.342 e. The lowest BCUT2D eigenvalue weighted by Crippen LogP contribution is -2.19. The lowest BCUT2D eigenvalue weighted by atomic mass is 9.73. The van der Waals surface area contributed by atoms with Crippen molar-refractivity contribution in [3.05, 3.63) is 70.9 Å². The molecule has 4 aromatic rings. The molecular weight excluding hydrogens is 399 g/mol. The van der Waals surface area contributed by atoms with Gasteiger partial charge in [0.1, 0.15) is 11.6 Å². The standard InChI is InChI=1S/C25H24F3N3/c1-13(25-30-22-12-20(27)23(28)14(2)24(22)31-25)15-3-5-16(6-4-15)18-9-10-29-21-8-7-17(26)11-19(18)21/h7-13,15-16H,3-6H2,1-2H3,(H,30,31)/t13-,15-,16+/m1/s1. The topological polar surface area (TPSA) is 41.6 Å².